The maximum absolute atomic E-state index is 7.00. The molecule has 0 aliphatic carbocycles. The Labute approximate surface area is 70.6 Å². The molecule has 0 fully saturated rings. The smallest absolute Gasteiger partial charge is 0.0518 e. The Morgan fingerprint density at radius 1 is 1.09 bits per heavy atom. The second-order valence-electron chi connectivity index (χ2n) is 3.10. The number of hydrogen-bond donors (Lipinski definition) is 1. The first-order valence-electron chi connectivity index (χ1n) is 4.19. The Hall–Kier alpha value is -0.0800. The molecule has 0 aliphatic heterocycles. The molecule has 0 heterocycles. The summed E-state index contributed by atoms with van der Waals surface area (Å²) in [6.07, 6.45) is 1.57. The van der Waals surface area contributed by atoms with Crippen LogP contribution in [0.15, 0.2) is 0 Å². The van der Waals surface area contributed by atoms with Crippen LogP contribution in [-0.2, 0) is 4.74 Å². The van der Waals surface area contributed by atoms with Gasteiger partial charge in [-0.05, 0) is 26.2 Å². The standard InChI is InChI=1S/C8H18O.CH4O/c1-7(2)5-6-9-8(3)4;1-2/h7-8H,5-6H2,1-4H3;2H,1H3. The highest BCUT2D eigenvalue weighted by Gasteiger charge is 1.95. The van der Waals surface area contributed by atoms with E-state index in [0.717, 1.165) is 19.6 Å². The molecular weight excluding hydrogens is 140 g/mol. The van der Waals surface area contributed by atoms with Crippen molar-refractivity contribution in [2.45, 2.75) is 40.2 Å². The first-order valence-corrected chi connectivity index (χ1v) is 4.19. The second kappa shape index (κ2) is 9.92. The third-order valence-corrected chi connectivity index (χ3v) is 1.15. The highest BCUT2D eigenvalue weighted by molar-refractivity contribution is 4.43. The molecular formula is C9H22O2. The summed E-state index contributed by atoms with van der Waals surface area (Å²) in [5, 5.41) is 7.00. The van der Waals surface area contributed by atoms with E-state index in [1.54, 1.807) is 0 Å². The molecule has 0 unspecified atom stereocenters. The molecule has 0 saturated carbocycles. The van der Waals surface area contributed by atoms with E-state index in [-0.39, 0.29) is 0 Å². The zero-order valence-electron chi connectivity index (χ0n) is 8.42. The molecule has 0 spiro atoms. The van der Waals surface area contributed by atoms with Gasteiger partial charge in [0.05, 0.1) is 6.10 Å². The molecule has 0 radical (unpaired) electrons. The van der Waals surface area contributed by atoms with Crippen molar-refractivity contribution in [3.05, 3.63) is 0 Å². The summed E-state index contributed by atoms with van der Waals surface area (Å²) in [6.45, 7) is 9.48. The highest BCUT2D eigenvalue weighted by Crippen LogP contribution is 2.00. The van der Waals surface area contributed by atoms with E-state index < -0.39 is 0 Å². The van der Waals surface area contributed by atoms with Gasteiger partial charge >= 0.3 is 0 Å². The van der Waals surface area contributed by atoms with E-state index in [1.165, 1.54) is 6.42 Å². The lowest BCUT2D eigenvalue weighted by molar-refractivity contribution is 0.0710. The number of hydrogen-bond acceptors (Lipinski definition) is 2. The predicted molar refractivity (Wildman–Crippen MR) is 48.7 cm³/mol. The lowest BCUT2D eigenvalue weighted by atomic mass is 10.1. The van der Waals surface area contributed by atoms with Crippen molar-refractivity contribution < 1.29 is 9.84 Å². The number of aliphatic hydroxyl groups excluding tert-OH is 1. The van der Waals surface area contributed by atoms with Gasteiger partial charge in [0.1, 0.15) is 0 Å². The van der Waals surface area contributed by atoms with Gasteiger partial charge in [-0.15, -0.1) is 0 Å². The van der Waals surface area contributed by atoms with E-state index in [0.29, 0.717) is 6.10 Å². The van der Waals surface area contributed by atoms with Crippen LogP contribution in [0, 0.1) is 5.92 Å². The molecule has 0 aromatic heterocycles. The van der Waals surface area contributed by atoms with Gasteiger partial charge in [0, 0.05) is 13.7 Å². The molecule has 0 rings (SSSR count). The van der Waals surface area contributed by atoms with Gasteiger partial charge in [0.2, 0.25) is 0 Å². The summed E-state index contributed by atoms with van der Waals surface area (Å²) in [6, 6.07) is 0. The van der Waals surface area contributed by atoms with Gasteiger partial charge < -0.3 is 9.84 Å². The Morgan fingerprint density at radius 2 is 1.55 bits per heavy atom. The number of rotatable bonds is 4. The third kappa shape index (κ3) is 17.8. The molecule has 1 N–H and O–H groups in total. The molecule has 0 aliphatic rings. The first kappa shape index (κ1) is 13.5. The molecule has 0 aromatic carbocycles. The maximum atomic E-state index is 7.00. The van der Waals surface area contributed by atoms with Crippen molar-refractivity contribution in [3.8, 4) is 0 Å². The molecule has 0 amide bonds. The predicted octanol–water partition coefficient (Wildman–Crippen LogP) is 2.07. The van der Waals surface area contributed by atoms with E-state index in [4.69, 9.17) is 9.84 Å². The van der Waals surface area contributed by atoms with Gasteiger partial charge in [-0.1, -0.05) is 13.8 Å². The lowest BCUT2D eigenvalue weighted by Crippen LogP contribution is -2.05. The molecule has 0 saturated heterocycles. The van der Waals surface area contributed by atoms with Crippen LogP contribution in [0.1, 0.15) is 34.1 Å². The van der Waals surface area contributed by atoms with Gasteiger partial charge in [-0.3, -0.25) is 0 Å². The Balaban J connectivity index is 0. The van der Waals surface area contributed by atoms with Gasteiger partial charge in [0.25, 0.3) is 0 Å². The van der Waals surface area contributed by atoms with Crippen LogP contribution < -0.4 is 0 Å². The topological polar surface area (TPSA) is 29.5 Å². The molecule has 11 heavy (non-hydrogen) atoms. The minimum atomic E-state index is 0.392. The van der Waals surface area contributed by atoms with Crippen LogP contribution in [0.4, 0.5) is 0 Å². The van der Waals surface area contributed by atoms with Gasteiger partial charge in [-0.2, -0.15) is 0 Å². The van der Waals surface area contributed by atoms with Crippen molar-refractivity contribution in [2.24, 2.45) is 5.92 Å². The molecule has 0 atom stereocenters. The average molecular weight is 162 g/mol. The Kier molecular flexibility index (Phi) is 12.2. The van der Waals surface area contributed by atoms with Crippen LogP contribution in [0.2, 0.25) is 0 Å². The highest BCUT2D eigenvalue weighted by atomic mass is 16.5. The minimum Gasteiger partial charge on any atom is -0.400 e. The first-order chi connectivity index (χ1) is 5.13. The SMILES string of the molecule is CC(C)CCOC(C)C.CO. The molecule has 70 valence electrons. The van der Waals surface area contributed by atoms with Crippen molar-refractivity contribution >= 4 is 0 Å². The van der Waals surface area contributed by atoms with Crippen molar-refractivity contribution in [1.29, 1.82) is 0 Å². The summed E-state index contributed by atoms with van der Waals surface area (Å²) < 4.78 is 5.35. The van der Waals surface area contributed by atoms with E-state index in [1.807, 2.05) is 0 Å². The number of aliphatic hydroxyl groups is 1. The summed E-state index contributed by atoms with van der Waals surface area (Å²) in [5.41, 5.74) is 0. The Morgan fingerprint density at radius 3 is 1.82 bits per heavy atom. The third-order valence-electron chi connectivity index (χ3n) is 1.15. The van der Waals surface area contributed by atoms with Crippen molar-refractivity contribution in [3.63, 3.8) is 0 Å². The second-order valence-corrected chi connectivity index (χ2v) is 3.10. The maximum Gasteiger partial charge on any atom is 0.0518 e. The number of ether oxygens (including phenoxy) is 1. The van der Waals surface area contributed by atoms with Crippen LogP contribution in [0.25, 0.3) is 0 Å². The molecule has 2 nitrogen and oxygen atoms in total. The fraction of sp³-hybridized carbons (Fsp3) is 1.00. The van der Waals surface area contributed by atoms with Crippen LogP contribution in [-0.4, -0.2) is 24.9 Å². The summed E-state index contributed by atoms with van der Waals surface area (Å²) >= 11 is 0. The summed E-state index contributed by atoms with van der Waals surface area (Å²) in [4.78, 5) is 0. The zero-order chi connectivity index (χ0) is 9.28. The Bertz CT molecular complexity index is 52.6. The molecule has 0 bridgehead atoms. The van der Waals surface area contributed by atoms with E-state index >= 15 is 0 Å². The average Bonchev–Trinajstić information content (AvgIpc) is 1.90. The van der Waals surface area contributed by atoms with Crippen LogP contribution in [0.3, 0.4) is 0 Å². The monoisotopic (exact) mass is 162 g/mol. The van der Waals surface area contributed by atoms with E-state index in [9.17, 15) is 0 Å². The zero-order valence-corrected chi connectivity index (χ0v) is 8.42. The fourth-order valence-electron chi connectivity index (χ4n) is 0.539. The normalized spacial score (nSPS) is 9.82. The molecule has 2 heteroatoms. The summed E-state index contributed by atoms with van der Waals surface area (Å²) in [7, 11) is 1.00. The van der Waals surface area contributed by atoms with Crippen molar-refractivity contribution in [2.75, 3.05) is 13.7 Å². The largest absolute Gasteiger partial charge is 0.400 e. The van der Waals surface area contributed by atoms with E-state index in [2.05, 4.69) is 27.7 Å². The van der Waals surface area contributed by atoms with Gasteiger partial charge in [0.15, 0.2) is 0 Å². The fourth-order valence-corrected chi connectivity index (χ4v) is 0.539. The quantitative estimate of drug-likeness (QED) is 0.685. The summed E-state index contributed by atoms with van der Waals surface area (Å²) in [5.74, 6) is 0.767. The van der Waals surface area contributed by atoms with Crippen LogP contribution >= 0.6 is 0 Å². The van der Waals surface area contributed by atoms with Crippen molar-refractivity contribution in [1.82, 2.24) is 0 Å². The lowest BCUT2D eigenvalue weighted by Gasteiger charge is -2.08. The molecule has 0 aromatic rings. The minimum absolute atomic E-state index is 0.392. The van der Waals surface area contributed by atoms with Gasteiger partial charge in [-0.25, -0.2) is 0 Å². The van der Waals surface area contributed by atoms with Crippen LogP contribution in [0.5, 0.6) is 0 Å².